The molecule has 5 nitrogen and oxygen atoms in total. The van der Waals surface area contributed by atoms with Gasteiger partial charge in [-0.15, -0.1) is 0 Å². The molecule has 1 aromatic carbocycles. The van der Waals surface area contributed by atoms with Crippen molar-refractivity contribution in [3.63, 3.8) is 0 Å². The molecule has 0 aliphatic heterocycles. The van der Waals surface area contributed by atoms with Gasteiger partial charge in [0.1, 0.15) is 6.04 Å². The minimum absolute atomic E-state index is 0.411. The number of hydrogen-bond donors (Lipinski definition) is 2. The molecule has 0 bridgehead atoms. The van der Waals surface area contributed by atoms with Crippen molar-refractivity contribution in [2.24, 2.45) is 5.73 Å². The van der Waals surface area contributed by atoms with Gasteiger partial charge in [-0.3, -0.25) is 9.59 Å². The number of carbonyl (C=O) groups excluding carboxylic acids is 2. The molecule has 0 aliphatic carbocycles. The Morgan fingerprint density at radius 1 is 1.33 bits per heavy atom. The van der Waals surface area contributed by atoms with Crippen LogP contribution in [0.3, 0.4) is 0 Å². The highest BCUT2D eigenvalue weighted by Crippen LogP contribution is 2.18. The summed E-state index contributed by atoms with van der Waals surface area (Å²) in [5.74, 6) is -0.522. The molecule has 1 atom stereocenters. The summed E-state index contributed by atoms with van der Waals surface area (Å²) in [7, 11) is 0. The Morgan fingerprint density at radius 3 is 2.52 bits per heavy atom. The third-order valence-electron chi connectivity index (χ3n) is 3.32. The smallest absolute Gasteiger partial charge is 0.240 e. The zero-order chi connectivity index (χ0) is 15.7. The molecule has 0 aromatic heterocycles. The quantitative estimate of drug-likeness (QED) is 0.641. The number of nitrogens with two attached hydrogens (primary N) is 1. The maximum Gasteiger partial charge on any atom is 0.240 e. The second kappa shape index (κ2) is 9.00. The van der Waals surface area contributed by atoms with Crippen LogP contribution in [0.1, 0.15) is 32.3 Å². The van der Waals surface area contributed by atoms with Crippen LogP contribution in [-0.4, -0.2) is 31.4 Å². The molecular formula is C16H25N3O2. The highest BCUT2D eigenvalue weighted by molar-refractivity contribution is 5.82. The number of carbonyl (C=O) groups is 2. The fourth-order valence-corrected chi connectivity index (χ4v) is 2.35. The first-order chi connectivity index (χ1) is 10.1. The summed E-state index contributed by atoms with van der Waals surface area (Å²) < 4.78 is 0. The summed E-state index contributed by atoms with van der Waals surface area (Å²) in [4.78, 5) is 24.2. The Hall–Kier alpha value is -2.04. The van der Waals surface area contributed by atoms with Crippen molar-refractivity contribution in [1.82, 2.24) is 5.32 Å². The van der Waals surface area contributed by atoms with Crippen LogP contribution in [0.5, 0.6) is 0 Å². The SMILES string of the molecule is CCCN(CCC)c1cccc(CC(NC=O)C(N)=O)c1. The molecule has 0 saturated carbocycles. The molecule has 3 N–H and O–H groups in total. The summed E-state index contributed by atoms with van der Waals surface area (Å²) in [6, 6.07) is 7.39. The standard InChI is InChI=1S/C16H25N3O2/c1-3-8-19(9-4-2)14-7-5-6-13(10-14)11-15(16(17)21)18-12-20/h5-7,10,12,15H,3-4,8-9,11H2,1-2H3,(H2,17,21)(H,18,20). The van der Waals surface area contributed by atoms with Gasteiger partial charge in [-0.1, -0.05) is 26.0 Å². The van der Waals surface area contributed by atoms with Crippen LogP contribution in [0, 0.1) is 0 Å². The molecule has 21 heavy (non-hydrogen) atoms. The Balaban J connectivity index is 2.87. The lowest BCUT2D eigenvalue weighted by atomic mass is 10.0. The van der Waals surface area contributed by atoms with E-state index in [1.165, 1.54) is 0 Å². The van der Waals surface area contributed by atoms with E-state index in [0.29, 0.717) is 12.8 Å². The average molecular weight is 291 g/mol. The summed E-state index contributed by atoms with van der Waals surface area (Å²) in [5.41, 5.74) is 7.43. The number of amides is 2. The van der Waals surface area contributed by atoms with Gasteiger partial charge in [0.25, 0.3) is 0 Å². The molecule has 1 unspecified atom stereocenters. The molecular weight excluding hydrogens is 266 g/mol. The molecule has 0 aliphatic rings. The predicted molar refractivity (Wildman–Crippen MR) is 85.1 cm³/mol. The molecule has 0 fully saturated rings. The van der Waals surface area contributed by atoms with Gasteiger partial charge >= 0.3 is 0 Å². The first-order valence-electron chi connectivity index (χ1n) is 7.45. The number of anilines is 1. The highest BCUT2D eigenvalue weighted by Gasteiger charge is 2.15. The first-order valence-corrected chi connectivity index (χ1v) is 7.45. The van der Waals surface area contributed by atoms with Crippen LogP contribution in [0.4, 0.5) is 5.69 Å². The van der Waals surface area contributed by atoms with Crippen molar-refractivity contribution in [2.75, 3.05) is 18.0 Å². The lowest BCUT2D eigenvalue weighted by Crippen LogP contribution is -2.42. The Kier molecular flexibility index (Phi) is 7.29. The van der Waals surface area contributed by atoms with E-state index < -0.39 is 11.9 Å². The van der Waals surface area contributed by atoms with Crippen LogP contribution >= 0.6 is 0 Å². The van der Waals surface area contributed by atoms with Gasteiger partial charge in [0.05, 0.1) is 0 Å². The van der Waals surface area contributed by atoms with E-state index in [0.717, 1.165) is 37.2 Å². The van der Waals surface area contributed by atoms with E-state index in [1.54, 1.807) is 0 Å². The molecule has 116 valence electrons. The second-order valence-corrected chi connectivity index (χ2v) is 5.10. The van der Waals surface area contributed by atoms with Gasteiger partial charge in [0, 0.05) is 25.2 Å². The third-order valence-corrected chi connectivity index (χ3v) is 3.32. The molecule has 5 heteroatoms. The van der Waals surface area contributed by atoms with Crippen LogP contribution in [0.2, 0.25) is 0 Å². The number of nitrogens with one attached hydrogen (secondary N) is 1. The van der Waals surface area contributed by atoms with E-state index in [1.807, 2.05) is 12.1 Å². The largest absolute Gasteiger partial charge is 0.372 e. The normalized spacial score (nSPS) is 11.7. The number of nitrogens with zero attached hydrogens (tertiary/aromatic N) is 1. The lowest BCUT2D eigenvalue weighted by molar-refractivity contribution is -0.122. The summed E-state index contributed by atoms with van der Waals surface area (Å²) in [6.07, 6.45) is 3.09. The highest BCUT2D eigenvalue weighted by atomic mass is 16.2. The van der Waals surface area contributed by atoms with Crippen molar-refractivity contribution in [1.29, 1.82) is 0 Å². The Morgan fingerprint density at radius 2 is 2.00 bits per heavy atom. The van der Waals surface area contributed by atoms with E-state index >= 15 is 0 Å². The van der Waals surface area contributed by atoms with Crippen molar-refractivity contribution in [2.45, 2.75) is 39.2 Å². The molecule has 0 saturated heterocycles. The number of rotatable bonds is 10. The van der Waals surface area contributed by atoms with Crippen molar-refractivity contribution in [3.05, 3.63) is 29.8 Å². The first kappa shape index (κ1) is 17.0. The fraction of sp³-hybridized carbons (Fsp3) is 0.500. The van der Waals surface area contributed by atoms with Crippen LogP contribution < -0.4 is 16.0 Å². The zero-order valence-corrected chi connectivity index (χ0v) is 12.8. The third kappa shape index (κ3) is 5.45. The molecule has 0 heterocycles. The molecule has 0 radical (unpaired) electrons. The van der Waals surface area contributed by atoms with Gasteiger partial charge in [-0.05, 0) is 30.5 Å². The Labute approximate surface area is 126 Å². The molecule has 1 aromatic rings. The maximum atomic E-state index is 11.3. The predicted octanol–water partition coefficient (Wildman–Crippen LogP) is 1.46. The monoisotopic (exact) mass is 291 g/mol. The summed E-state index contributed by atoms with van der Waals surface area (Å²) in [5, 5.41) is 2.46. The minimum Gasteiger partial charge on any atom is -0.372 e. The maximum absolute atomic E-state index is 11.3. The zero-order valence-electron chi connectivity index (χ0n) is 12.8. The van der Waals surface area contributed by atoms with E-state index in [2.05, 4.69) is 36.2 Å². The minimum atomic E-state index is -0.663. The van der Waals surface area contributed by atoms with Crippen molar-refractivity contribution >= 4 is 18.0 Å². The second-order valence-electron chi connectivity index (χ2n) is 5.10. The van der Waals surface area contributed by atoms with E-state index in [4.69, 9.17) is 5.73 Å². The molecule has 2 amide bonds. The van der Waals surface area contributed by atoms with Gasteiger partial charge in [0.15, 0.2) is 0 Å². The molecule has 0 spiro atoms. The number of hydrogen-bond acceptors (Lipinski definition) is 3. The topological polar surface area (TPSA) is 75.4 Å². The van der Waals surface area contributed by atoms with Crippen LogP contribution in [0.25, 0.3) is 0 Å². The number of primary amides is 1. The fourth-order valence-electron chi connectivity index (χ4n) is 2.35. The van der Waals surface area contributed by atoms with E-state index in [-0.39, 0.29) is 0 Å². The van der Waals surface area contributed by atoms with Crippen molar-refractivity contribution < 1.29 is 9.59 Å². The average Bonchev–Trinajstić information content (AvgIpc) is 2.47. The van der Waals surface area contributed by atoms with Crippen molar-refractivity contribution in [3.8, 4) is 0 Å². The van der Waals surface area contributed by atoms with Crippen LogP contribution in [-0.2, 0) is 16.0 Å². The summed E-state index contributed by atoms with van der Waals surface area (Å²) in [6.45, 7) is 6.32. The molecule has 1 rings (SSSR count). The van der Waals surface area contributed by atoms with Gasteiger partial charge < -0.3 is 16.0 Å². The summed E-state index contributed by atoms with van der Waals surface area (Å²) >= 11 is 0. The lowest BCUT2D eigenvalue weighted by Gasteiger charge is -2.24. The number of benzene rings is 1. The van der Waals surface area contributed by atoms with Gasteiger partial charge in [-0.25, -0.2) is 0 Å². The van der Waals surface area contributed by atoms with Crippen LogP contribution in [0.15, 0.2) is 24.3 Å². The van der Waals surface area contributed by atoms with E-state index in [9.17, 15) is 9.59 Å². The Bertz CT molecular complexity index is 457. The van der Waals surface area contributed by atoms with Gasteiger partial charge in [0.2, 0.25) is 12.3 Å². The van der Waals surface area contributed by atoms with Gasteiger partial charge in [-0.2, -0.15) is 0 Å².